The molecule has 33 heavy (non-hydrogen) atoms. The van der Waals surface area contributed by atoms with Crippen LogP contribution in [0.3, 0.4) is 0 Å². The van der Waals surface area contributed by atoms with E-state index in [1.165, 1.54) is 23.3 Å². The number of hydrogen-bond acceptors (Lipinski definition) is 3. The number of urea groups is 1. The molecule has 2 N–H and O–H groups in total. The molecule has 3 aromatic rings. The Morgan fingerprint density at radius 2 is 1.70 bits per heavy atom. The molecule has 1 saturated heterocycles. The minimum absolute atomic E-state index is 0.103. The fraction of sp³-hybridized carbons (Fsp3) is 0.296. The van der Waals surface area contributed by atoms with Gasteiger partial charge in [-0.3, -0.25) is 5.32 Å². The van der Waals surface area contributed by atoms with Crippen molar-refractivity contribution < 1.29 is 13.9 Å². The van der Waals surface area contributed by atoms with Crippen molar-refractivity contribution in [2.75, 3.05) is 20.2 Å². The Morgan fingerprint density at radius 3 is 2.36 bits per heavy atom. The van der Waals surface area contributed by atoms with Crippen molar-refractivity contribution in [3.05, 3.63) is 100 Å². The van der Waals surface area contributed by atoms with E-state index in [2.05, 4.69) is 42.7 Å². The predicted octanol–water partition coefficient (Wildman–Crippen LogP) is 4.66. The molecule has 0 aromatic heterocycles. The molecule has 1 aliphatic rings. The first-order valence-electron chi connectivity index (χ1n) is 11.2. The number of benzene rings is 3. The summed E-state index contributed by atoms with van der Waals surface area (Å²) in [4.78, 5) is 14.9. The number of amides is 2. The third-order valence-electron chi connectivity index (χ3n) is 6.47. The molecular weight excluding hydrogens is 417 g/mol. The summed E-state index contributed by atoms with van der Waals surface area (Å²) in [6.45, 7) is 5.65. The monoisotopic (exact) mass is 447 g/mol. The van der Waals surface area contributed by atoms with Gasteiger partial charge in [-0.05, 0) is 72.4 Å². The summed E-state index contributed by atoms with van der Waals surface area (Å²) in [5.74, 6) is 0.546. The first-order chi connectivity index (χ1) is 15.9. The van der Waals surface area contributed by atoms with Crippen LogP contribution in [0.4, 0.5) is 9.18 Å². The van der Waals surface area contributed by atoms with Gasteiger partial charge < -0.3 is 15.0 Å². The normalized spacial score (nSPS) is 17.8. The summed E-state index contributed by atoms with van der Waals surface area (Å²) < 4.78 is 18.6. The lowest BCUT2D eigenvalue weighted by molar-refractivity contribution is 0.124. The Labute approximate surface area is 194 Å². The molecule has 0 bridgehead atoms. The zero-order valence-electron chi connectivity index (χ0n) is 19.3. The third kappa shape index (κ3) is 4.86. The average Bonchev–Trinajstić information content (AvgIpc) is 3.15. The summed E-state index contributed by atoms with van der Waals surface area (Å²) in [5, 5.41) is 6.67. The molecule has 6 heteroatoms. The largest absolute Gasteiger partial charge is 0.497 e. The fourth-order valence-corrected chi connectivity index (χ4v) is 4.26. The van der Waals surface area contributed by atoms with E-state index in [4.69, 9.17) is 4.74 Å². The van der Waals surface area contributed by atoms with E-state index in [-0.39, 0.29) is 11.8 Å². The minimum atomic E-state index is -0.712. The zero-order valence-corrected chi connectivity index (χ0v) is 19.3. The number of carbonyl (C=O) groups is 1. The van der Waals surface area contributed by atoms with Crippen LogP contribution in [-0.4, -0.2) is 31.1 Å². The van der Waals surface area contributed by atoms with Gasteiger partial charge in [0.05, 0.1) is 13.7 Å². The van der Waals surface area contributed by atoms with Crippen molar-refractivity contribution >= 4 is 6.03 Å². The number of carbonyl (C=O) groups excluding carboxylic acids is 1. The van der Waals surface area contributed by atoms with Gasteiger partial charge in [0, 0.05) is 13.1 Å². The maximum Gasteiger partial charge on any atom is 0.319 e. The van der Waals surface area contributed by atoms with E-state index in [9.17, 15) is 9.18 Å². The Morgan fingerprint density at radius 1 is 1.00 bits per heavy atom. The Hall–Kier alpha value is -3.38. The van der Waals surface area contributed by atoms with E-state index in [1.807, 2.05) is 29.2 Å². The predicted molar refractivity (Wildman–Crippen MR) is 128 cm³/mol. The fourth-order valence-electron chi connectivity index (χ4n) is 4.26. The summed E-state index contributed by atoms with van der Waals surface area (Å²) >= 11 is 0. The molecule has 0 spiro atoms. The van der Waals surface area contributed by atoms with E-state index >= 15 is 0 Å². The lowest BCUT2D eigenvalue weighted by atomic mass is 9.94. The second-order valence-corrected chi connectivity index (χ2v) is 8.55. The van der Waals surface area contributed by atoms with Gasteiger partial charge in [0.1, 0.15) is 17.2 Å². The number of nitrogens with zero attached hydrogens (tertiary/aromatic N) is 1. The van der Waals surface area contributed by atoms with Crippen LogP contribution in [0.5, 0.6) is 5.75 Å². The SMILES string of the molecule is COc1ccc(CCN2C(=O)NCC2(NCc2ccc(F)cc2)c2ccc(C)c(C)c2)cc1. The minimum Gasteiger partial charge on any atom is -0.497 e. The van der Waals surface area contributed by atoms with Crippen LogP contribution in [0.15, 0.2) is 66.7 Å². The number of halogens is 1. The van der Waals surface area contributed by atoms with Gasteiger partial charge in [0.25, 0.3) is 0 Å². The van der Waals surface area contributed by atoms with Gasteiger partial charge in [-0.25, -0.2) is 9.18 Å². The molecule has 172 valence electrons. The van der Waals surface area contributed by atoms with E-state index in [0.717, 1.165) is 22.4 Å². The molecule has 1 atom stereocenters. The molecular formula is C27H30FN3O2. The van der Waals surface area contributed by atoms with E-state index in [1.54, 1.807) is 19.2 Å². The number of methoxy groups -OCH3 is 1. The summed E-state index contributed by atoms with van der Waals surface area (Å²) in [6, 6.07) is 20.6. The molecule has 1 aliphatic heterocycles. The van der Waals surface area contributed by atoms with Crippen LogP contribution >= 0.6 is 0 Å². The molecule has 0 radical (unpaired) electrons. The van der Waals surface area contributed by atoms with Crippen molar-refractivity contribution in [2.24, 2.45) is 0 Å². The highest BCUT2D eigenvalue weighted by Crippen LogP contribution is 2.32. The highest BCUT2D eigenvalue weighted by Gasteiger charge is 2.46. The third-order valence-corrected chi connectivity index (χ3v) is 6.47. The molecule has 1 fully saturated rings. The number of aryl methyl sites for hydroxylation is 2. The van der Waals surface area contributed by atoms with Gasteiger partial charge in [-0.1, -0.05) is 42.5 Å². The van der Waals surface area contributed by atoms with Crippen LogP contribution < -0.4 is 15.4 Å². The highest BCUT2D eigenvalue weighted by molar-refractivity contribution is 5.78. The van der Waals surface area contributed by atoms with Crippen molar-refractivity contribution in [1.82, 2.24) is 15.5 Å². The second-order valence-electron chi connectivity index (χ2n) is 8.55. The van der Waals surface area contributed by atoms with Gasteiger partial charge >= 0.3 is 6.03 Å². The quantitative estimate of drug-likeness (QED) is 0.528. The molecule has 0 aliphatic carbocycles. The van der Waals surface area contributed by atoms with Gasteiger partial charge in [-0.2, -0.15) is 0 Å². The Balaban J connectivity index is 1.63. The van der Waals surface area contributed by atoms with Crippen LogP contribution in [0, 0.1) is 19.7 Å². The van der Waals surface area contributed by atoms with Crippen LogP contribution in [0.2, 0.25) is 0 Å². The van der Waals surface area contributed by atoms with E-state index < -0.39 is 5.66 Å². The van der Waals surface area contributed by atoms with Crippen LogP contribution in [-0.2, 0) is 18.6 Å². The molecule has 4 rings (SSSR count). The van der Waals surface area contributed by atoms with Crippen molar-refractivity contribution in [3.8, 4) is 5.75 Å². The van der Waals surface area contributed by atoms with Gasteiger partial charge in [-0.15, -0.1) is 0 Å². The molecule has 5 nitrogen and oxygen atoms in total. The van der Waals surface area contributed by atoms with Gasteiger partial charge in [0.15, 0.2) is 0 Å². The first kappa shape index (κ1) is 22.8. The average molecular weight is 448 g/mol. The molecule has 1 heterocycles. The lowest BCUT2D eigenvalue weighted by Crippen LogP contribution is -2.55. The maximum absolute atomic E-state index is 13.4. The highest BCUT2D eigenvalue weighted by atomic mass is 19.1. The molecule has 3 aromatic carbocycles. The maximum atomic E-state index is 13.4. The Bertz CT molecular complexity index is 1120. The topological polar surface area (TPSA) is 53.6 Å². The standard InChI is InChI=1S/C27H30FN3O2/c1-19-4-9-23(16-20(19)2)27(30-17-22-5-10-24(28)11-6-22)18-29-26(32)31(27)15-14-21-7-12-25(33-3)13-8-21/h4-13,16,30H,14-15,17-18H2,1-3H3,(H,29,32). The molecule has 1 unspecified atom stereocenters. The number of nitrogens with one attached hydrogen (secondary N) is 2. The van der Waals surface area contributed by atoms with Crippen molar-refractivity contribution in [1.29, 1.82) is 0 Å². The smallest absolute Gasteiger partial charge is 0.319 e. The molecule has 0 saturated carbocycles. The summed E-state index contributed by atoms with van der Waals surface area (Å²) in [6.07, 6.45) is 0.711. The zero-order chi connectivity index (χ0) is 23.4. The number of hydrogen-bond donors (Lipinski definition) is 2. The Kier molecular flexibility index (Phi) is 6.65. The first-order valence-corrected chi connectivity index (χ1v) is 11.2. The second kappa shape index (κ2) is 9.63. The summed E-state index contributed by atoms with van der Waals surface area (Å²) in [5.41, 5.74) is 4.77. The van der Waals surface area contributed by atoms with E-state index in [0.29, 0.717) is 26.1 Å². The van der Waals surface area contributed by atoms with Crippen LogP contribution in [0.1, 0.15) is 27.8 Å². The van der Waals surface area contributed by atoms with Crippen LogP contribution in [0.25, 0.3) is 0 Å². The number of ether oxygens (including phenoxy) is 1. The van der Waals surface area contributed by atoms with Crippen molar-refractivity contribution in [3.63, 3.8) is 0 Å². The summed E-state index contributed by atoms with van der Waals surface area (Å²) in [7, 11) is 1.65. The number of rotatable bonds is 8. The van der Waals surface area contributed by atoms with Crippen molar-refractivity contribution in [2.45, 2.75) is 32.5 Å². The molecule has 2 amide bonds. The lowest BCUT2D eigenvalue weighted by Gasteiger charge is -2.39. The van der Waals surface area contributed by atoms with Gasteiger partial charge in [0.2, 0.25) is 0 Å².